The second-order valence-corrected chi connectivity index (χ2v) is 3.65. The largest absolute Gasteiger partial charge is 0.326 e. The van der Waals surface area contributed by atoms with E-state index >= 15 is 0 Å². The minimum Gasteiger partial charge on any atom is -0.326 e. The Balaban J connectivity index is 2.34. The summed E-state index contributed by atoms with van der Waals surface area (Å²) in [5.41, 5.74) is 9.32. The minimum atomic E-state index is 0.554. The van der Waals surface area contributed by atoms with Crippen molar-refractivity contribution in [3.8, 4) is 0 Å². The Morgan fingerprint density at radius 2 is 1.44 bits per heavy atom. The van der Waals surface area contributed by atoms with Crippen molar-refractivity contribution in [3.63, 3.8) is 0 Å². The van der Waals surface area contributed by atoms with Crippen LogP contribution in [0.15, 0.2) is 60.7 Å². The summed E-state index contributed by atoms with van der Waals surface area (Å²) in [6.45, 7) is 0.554. The summed E-state index contributed by atoms with van der Waals surface area (Å²) < 4.78 is 0. The zero-order chi connectivity index (χ0) is 11.2. The van der Waals surface area contributed by atoms with E-state index in [0.717, 1.165) is 5.57 Å². The molecule has 0 aliphatic heterocycles. The van der Waals surface area contributed by atoms with E-state index in [9.17, 15) is 0 Å². The number of hydrogen-bond donors (Lipinski definition) is 1. The van der Waals surface area contributed by atoms with Gasteiger partial charge in [0, 0.05) is 6.54 Å². The van der Waals surface area contributed by atoms with E-state index in [0.29, 0.717) is 6.54 Å². The fraction of sp³-hybridized carbons (Fsp3) is 0.0667. The van der Waals surface area contributed by atoms with Crippen LogP contribution in [0.4, 0.5) is 0 Å². The van der Waals surface area contributed by atoms with Gasteiger partial charge in [-0.05, 0) is 22.8 Å². The van der Waals surface area contributed by atoms with Crippen LogP contribution in [-0.4, -0.2) is 6.54 Å². The van der Waals surface area contributed by atoms with Crippen molar-refractivity contribution < 1.29 is 0 Å². The lowest BCUT2D eigenvalue weighted by Crippen LogP contribution is -2.01. The van der Waals surface area contributed by atoms with Gasteiger partial charge in [-0.3, -0.25) is 0 Å². The average molecular weight is 209 g/mol. The Bertz CT molecular complexity index is 457. The van der Waals surface area contributed by atoms with Gasteiger partial charge in [0.05, 0.1) is 0 Å². The summed E-state index contributed by atoms with van der Waals surface area (Å²) in [7, 11) is 0. The Morgan fingerprint density at radius 3 is 2.00 bits per heavy atom. The number of benzene rings is 2. The first-order valence-corrected chi connectivity index (χ1v) is 5.41. The van der Waals surface area contributed by atoms with Gasteiger partial charge in [-0.25, -0.2) is 0 Å². The third-order valence-corrected chi connectivity index (χ3v) is 2.50. The molecular weight excluding hydrogens is 194 g/mol. The minimum absolute atomic E-state index is 0.554. The first kappa shape index (κ1) is 10.7. The van der Waals surface area contributed by atoms with Gasteiger partial charge in [0.15, 0.2) is 0 Å². The predicted octanol–water partition coefficient (Wildman–Crippen LogP) is 3.19. The van der Waals surface area contributed by atoms with Crippen LogP contribution in [-0.2, 0) is 0 Å². The van der Waals surface area contributed by atoms with E-state index in [4.69, 9.17) is 5.73 Å². The van der Waals surface area contributed by atoms with E-state index < -0.39 is 0 Å². The van der Waals surface area contributed by atoms with Crippen molar-refractivity contribution in [3.05, 3.63) is 71.8 Å². The highest BCUT2D eigenvalue weighted by Gasteiger charge is 1.98. The van der Waals surface area contributed by atoms with Crippen molar-refractivity contribution in [2.24, 2.45) is 5.73 Å². The molecule has 80 valence electrons. The van der Waals surface area contributed by atoms with Crippen molar-refractivity contribution in [1.29, 1.82) is 0 Å². The normalized spacial score (nSPS) is 11.4. The van der Waals surface area contributed by atoms with Crippen molar-refractivity contribution in [2.45, 2.75) is 0 Å². The highest BCUT2D eigenvalue weighted by molar-refractivity contribution is 5.82. The van der Waals surface area contributed by atoms with E-state index in [2.05, 4.69) is 30.3 Å². The molecule has 0 saturated carbocycles. The summed E-state index contributed by atoms with van der Waals surface area (Å²) in [5, 5.41) is 0. The summed E-state index contributed by atoms with van der Waals surface area (Å²) in [4.78, 5) is 0. The van der Waals surface area contributed by atoms with Crippen molar-refractivity contribution >= 4 is 11.6 Å². The molecule has 2 N–H and O–H groups in total. The lowest BCUT2D eigenvalue weighted by atomic mass is 10.0. The van der Waals surface area contributed by atoms with Crippen LogP contribution in [0.25, 0.3) is 11.6 Å². The van der Waals surface area contributed by atoms with Crippen LogP contribution in [0, 0.1) is 0 Å². The molecule has 0 fully saturated rings. The number of nitrogens with two attached hydrogens (primary N) is 1. The molecule has 1 heteroatoms. The van der Waals surface area contributed by atoms with Gasteiger partial charge in [-0.2, -0.15) is 0 Å². The molecule has 0 spiro atoms. The van der Waals surface area contributed by atoms with Crippen LogP contribution in [0.5, 0.6) is 0 Å². The number of rotatable bonds is 3. The standard InChI is InChI=1S/C15H15N/c16-12-15(14-9-5-2-6-10-14)11-13-7-3-1-4-8-13/h1-11H,12,16H2. The Hall–Kier alpha value is -1.86. The Morgan fingerprint density at radius 1 is 0.875 bits per heavy atom. The molecular formula is C15H15N. The lowest BCUT2D eigenvalue weighted by Gasteiger charge is -2.04. The quantitative estimate of drug-likeness (QED) is 0.772. The Kier molecular flexibility index (Phi) is 3.52. The van der Waals surface area contributed by atoms with E-state index in [1.165, 1.54) is 11.1 Å². The second-order valence-electron chi connectivity index (χ2n) is 3.65. The first-order valence-electron chi connectivity index (χ1n) is 5.41. The molecule has 0 atom stereocenters. The molecule has 0 aliphatic rings. The molecule has 0 saturated heterocycles. The fourth-order valence-electron chi connectivity index (χ4n) is 1.66. The van der Waals surface area contributed by atoms with E-state index in [-0.39, 0.29) is 0 Å². The molecule has 1 nitrogen and oxygen atoms in total. The molecule has 2 aromatic rings. The van der Waals surface area contributed by atoms with Crippen molar-refractivity contribution in [1.82, 2.24) is 0 Å². The summed E-state index contributed by atoms with van der Waals surface area (Å²) in [5.74, 6) is 0. The average Bonchev–Trinajstić information content (AvgIpc) is 2.38. The SMILES string of the molecule is NCC(=Cc1ccccc1)c1ccccc1. The predicted molar refractivity (Wildman–Crippen MR) is 69.8 cm³/mol. The lowest BCUT2D eigenvalue weighted by molar-refractivity contribution is 1.27. The van der Waals surface area contributed by atoms with Gasteiger partial charge in [0.2, 0.25) is 0 Å². The second kappa shape index (κ2) is 5.29. The summed E-state index contributed by atoms with van der Waals surface area (Å²) in [6.07, 6.45) is 2.13. The fourth-order valence-corrected chi connectivity index (χ4v) is 1.66. The van der Waals surface area contributed by atoms with Crippen LogP contribution < -0.4 is 5.73 Å². The molecule has 0 aromatic heterocycles. The topological polar surface area (TPSA) is 26.0 Å². The molecule has 0 heterocycles. The third-order valence-electron chi connectivity index (χ3n) is 2.50. The van der Waals surface area contributed by atoms with Crippen molar-refractivity contribution in [2.75, 3.05) is 6.54 Å². The third kappa shape index (κ3) is 2.59. The molecule has 16 heavy (non-hydrogen) atoms. The summed E-state index contributed by atoms with van der Waals surface area (Å²) >= 11 is 0. The smallest absolute Gasteiger partial charge is 0.0184 e. The zero-order valence-corrected chi connectivity index (χ0v) is 9.14. The highest BCUT2D eigenvalue weighted by atomic mass is 14.5. The monoisotopic (exact) mass is 209 g/mol. The van der Waals surface area contributed by atoms with Gasteiger partial charge in [0.1, 0.15) is 0 Å². The van der Waals surface area contributed by atoms with Crippen LogP contribution in [0.2, 0.25) is 0 Å². The molecule has 2 aromatic carbocycles. The van der Waals surface area contributed by atoms with Crippen LogP contribution >= 0.6 is 0 Å². The zero-order valence-electron chi connectivity index (χ0n) is 9.14. The van der Waals surface area contributed by atoms with E-state index in [1.54, 1.807) is 0 Å². The molecule has 0 amide bonds. The first-order chi connectivity index (χ1) is 7.90. The maximum Gasteiger partial charge on any atom is 0.0184 e. The molecule has 0 unspecified atom stereocenters. The molecule has 2 rings (SSSR count). The van der Waals surface area contributed by atoms with Crippen LogP contribution in [0.1, 0.15) is 11.1 Å². The number of hydrogen-bond acceptors (Lipinski definition) is 1. The van der Waals surface area contributed by atoms with Gasteiger partial charge in [0.25, 0.3) is 0 Å². The Labute approximate surface area is 96.2 Å². The molecule has 0 aliphatic carbocycles. The van der Waals surface area contributed by atoms with Gasteiger partial charge >= 0.3 is 0 Å². The van der Waals surface area contributed by atoms with Gasteiger partial charge in [-0.15, -0.1) is 0 Å². The van der Waals surface area contributed by atoms with Gasteiger partial charge in [-0.1, -0.05) is 60.7 Å². The summed E-state index contributed by atoms with van der Waals surface area (Å²) in [6, 6.07) is 20.5. The van der Waals surface area contributed by atoms with Crippen LogP contribution in [0.3, 0.4) is 0 Å². The molecule has 0 bridgehead atoms. The van der Waals surface area contributed by atoms with Gasteiger partial charge < -0.3 is 5.73 Å². The maximum atomic E-state index is 5.78. The maximum absolute atomic E-state index is 5.78. The molecule has 0 radical (unpaired) electrons. The highest BCUT2D eigenvalue weighted by Crippen LogP contribution is 2.16. The van der Waals surface area contributed by atoms with E-state index in [1.807, 2.05) is 36.4 Å².